The van der Waals surface area contributed by atoms with Crippen LogP contribution in [0.4, 0.5) is 4.79 Å². The third-order valence-electron chi connectivity index (χ3n) is 5.46. The van der Waals surface area contributed by atoms with Crippen molar-refractivity contribution >= 4 is 17.8 Å². The van der Waals surface area contributed by atoms with Gasteiger partial charge in [-0.1, -0.05) is 12.1 Å². The lowest BCUT2D eigenvalue weighted by Gasteiger charge is -2.31. The van der Waals surface area contributed by atoms with Gasteiger partial charge in [-0.05, 0) is 18.9 Å². The number of amides is 4. The van der Waals surface area contributed by atoms with Crippen LogP contribution in [0.1, 0.15) is 24.4 Å². The quantitative estimate of drug-likeness (QED) is 0.735. The van der Waals surface area contributed by atoms with Gasteiger partial charge in [-0.15, -0.1) is 0 Å². The summed E-state index contributed by atoms with van der Waals surface area (Å²) in [6.07, 6.45) is 1.96. The van der Waals surface area contributed by atoms with Gasteiger partial charge in [-0.25, -0.2) is 4.79 Å². The molecule has 1 atom stereocenters. The molecule has 0 spiro atoms. The zero-order chi connectivity index (χ0) is 20.7. The van der Waals surface area contributed by atoms with Gasteiger partial charge < -0.3 is 25.0 Å². The van der Waals surface area contributed by atoms with Gasteiger partial charge in [0, 0.05) is 18.7 Å². The number of hydrogen-bond acceptors (Lipinski definition) is 5. The third-order valence-corrected chi connectivity index (χ3v) is 5.46. The maximum Gasteiger partial charge on any atom is 0.322 e. The molecule has 2 aliphatic heterocycles. The number of benzene rings is 1. The summed E-state index contributed by atoms with van der Waals surface area (Å²) in [6.45, 7) is 0.172. The average molecular weight is 400 g/mol. The summed E-state index contributed by atoms with van der Waals surface area (Å²) in [5, 5.41) is 5.77. The van der Waals surface area contributed by atoms with E-state index < -0.39 is 6.04 Å². The minimum absolute atomic E-state index is 0.0354. The normalized spacial score (nSPS) is 21.1. The molecule has 2 N–H and O–H groups in total. The molecule has 9 nitrogen and oxygen atoms in total. The van der Waals surface area contributed by atoms with Crippen LogP contribution in [0, 0.1) is 0 Å². The Hall–Kier alpha value is -3.23. The molecule has 4 amide bonds. The number of likely N-dealkylation sites (N-methyl/N-ethyl adjacent to an activating group) is 1. The summed E-state index contributed by atoms with van der Waals surface area (Å²) in [7, 11) is 4.66. The van der Waals surface area contributed by atoms with E-state index >= 15 is 0 Å². The van der Waals surface area contributed by atoms with Gasteiger partial charge in [0.05, 0.1) is 38.1 Å². The van der Waals surface area contributed by atoms with Crippen molar-refractivity contribution in [1.82, 2.24) is 20.4 Å². The lowest BCUT2D eigenvalue weighted by Crippen LogP contribution is -2.45. The molecule has 4 rings (SSSR count). The van der Waals surface area contributed by atoms with Crippen LogP contribution in [-0.4, -0.2) is 68.0 Å². The monoisotopic (exact) mass is 400 g/mol. The minimum Gasteiger partial charge on any atom is -0.493 e. The number of rotatable bonds is 6. The molecule has 1 fully saturated rings. The summed E-state index contributed by atoms with van der Waals surface area (Å²) >= 11 is 0. The molecule has 1 aromatic carbocycles. The maximum absolute atomic E-state index is 13.2. The van der Waals surface area contributed by atoms with Gasteiger partial charge in [0.2, 0.25) is 5.91 Å². The number of para-hydroxylation sites is 1. The van der Waals surface area contributed by atoms with E-state index in [1.54, 1.807) is 25.2 Å². The van der Waals surface area contributed by atoms with E-state index in [1.165, 1.54) is 24.0 Å². The van der Waals surface area contributed by atoms with Crippen molar-refractivity contribution in [2.45, 2.75) is 24.9 Å². The zero-order valence-electron chi connectivity index (χ0n) is 16.7. The topological polar surface area (TPSA) is 100 Å². The second-order valence-corrected chi connectivity index (χ2v) is 7.39. The van der Waals surface area contributed by atoms with E-state index in [9.17, 15) is 14.4 Å². The molecule has 0 radical (unpaired) electrons. The average Bonchev–Trinajstić information content (AvgIpc) is 3.47. The van der Waals surface area contributed by atoms with Crippen LogP contribution in [0.15, 0.2) is 29.5 Å². The smallest absolute Gasteiger partial charge is 0.322 e. The first-order chi connectivity index (χ1) is 13.9. The Morgan fingerprint density at radius 2 is 2.00 bits per heavy atom. The van der Waals surface area contributed by atoms with Crippen LogP contribution in [0.3, 0.4) is 0 Å². The molecule has 0 bridgehead atoms. The van der Waals surface area contributed by atoms with Gasteiger partial charge in [0.15, 0.2) is 11.5 Å². The zero-order valence-corrected chi connectivity index (χ0v) is 16.7. The highest BCUT2D eigenvalue weighted by Crippen LogP contribution is 2.42. The van der Waals surface area contributed by atoms with Crippen molar-refractivity contribution in [3.05, 3.63) is 35.0 Å². The Morgan fingerprint density at radius 3 is 2.66 bits per heavy atom. The highest BCUT2D eigenvalue weighted by atomic mass is 16.5. The number of methoxy groups -OCH3 is 2. The molecule has 0 aromatic heterocycles. The maximum atomic E-state index is 13.2. The molecule has 1 saturated carbocycles. The number of nitrogens with one attached hydrogen (secondary N) is 2. The van der Waals surface area contributed by atoms with Gasteiger partial charge in [0.25, 0.3) is 5.91 Å². The molecule has 29 heavy (non-hydrogen) atoms. The van der Waals surface area contributed by atoms with E-state index in [1.807, 2.05) is 0 Å². The Kier molecular flexibility index (Phi) is 4.81. The van der Waals surface area contributed by atoms with Crippen molar-refractivity contribution in [1.29, 1.82) is 0 Å². The highest BCUT2D eigenvalue weighted by Gasteiger charge is 2.44. The molecule has 1 unspecified atom stereocenters. The lowest BCUT2D eigenvalue weighted by atomic mass is 9.94. The summed E-state index contributed by atoms with van der Waals surface area (Å²) in [4.78, 5) is 40.9. The fourth-order valence-corrected chi connectivity index (χ4v) is 3.80. The molecule has 154 valence electrons. The molecule has 9 heteroatoms. The van der Waals surface area contributed by atoms with Crippen LogP contribution < -0.4 is 20.1 Å². The molecule has 3 aliphatic rings. The number of ether oxygens (including phenoxy) is 2. The Balaban J connectivity index is 1.67. The summed E-state index contributed by atoms with van der Waals surface area (Å²) in [5.74, 6) is 0.506. The first-order valence-electron chi connectivity index (χ1n) is 9.51. The van der Waals surface area contributed by atoms with Crippen molar-refractivity contribution < 1.29 is 23.9 Å². The Morgan fingerprint density at radius 1 is 1.24 bits per heavy atom. The van der Waals surface area contributed by atoms with Crippen LogP contribution >= 0.6 is 0 Å². The number of carbonyl (C=O) groups is 3. The van der Waals surface area contributed by atoms with E-state index in [4.69, 9.17) is 9.47 Å². The predicted octanol–water partition coefficient (Wildman–Crippen LogP) is 0.775. The van der Waals surface area contributed by atoms with Gasteiger partial charge in [-0.3, -0.25) is 14.5 Å². The van der Waals surface area contributed by atoms with Crippen LogP contribution in [0.25, 0.3) is 0 Å². The van der Waals surface area contributed by atoms with Crippen molar-refractivity contribution in [3.63, 3.8) is 0 Å². The van der Waals surface area contributed by atoms with E-state index in [0.717, 1.165) is 12.8 Å². The highest BCUT2D eigenvalue weighted by molar-refractivity contribution is 6.03. The van der Waals surface area contributed by atoms with Crippen LogP contribution in [0.5, 0.6) is 11.5 Å². The Labute approximate surface area is 168 Å². The molecular formula is C20H24N4O5. The summed E-state index contributed by atoms with van der Waals surface area (Å²) in [5.41, 5.74) is 1.66. The third kappa shape index (κ3) is 3.37. The SMILES string of the molecule is COc1cccc(C2NC(=O)N(C)C3=C2C(=O)N(CC(=O)NC2CC2)C3)c1OC. The molecule has 1 aliphatic carbocycles. The first kappa shape index (κ1) is 19.1. The molecule has 2 heterocycles. The predicted molar refractivity (Wildman–Crippen MR) is 103 cm³/mol. The number of nitrogens with zero attached hydrogens (tertiary/aromatic N) is 2. The van der Waals surface area contributed by atoms with Crippen molar-refractivity contribution in [2.24, 2.45) is 0 Å². The van der Waals surface area contributed by atoms with Crippen LogP contribution in [0.2, 0.25) is 0 Å². The fourth-order valence-electron chi connectivity index (χ4n) is 3.80. The first-order valence-corrected chi connectivity index (χ1v) is 9.51. The Bertz CT molecular complexity index is 908. The molecule has 1 aromatic rings. The lowest BCUT2D eigenvalue weighted by molar-refractivity contribution is -0.132. The summed E-state index contributed by atoms with van der Waals surface area (Å²) < 4.78 is 10.9. The molecular weight excluding hydrogens is 376 g/mol. The van der Waals surface area contributed by atoms with Gasteiger partial charge in [0.1, 0.15) is 6.54 Å². The van der Waals surface area contributed by atoms with E-state index in [0.29, 0.717) is 28.3 Å². The van der Waals surface area contributed by atoms with Gasteiger partial charge in [-0.2, -0.15) is 0 Å². The summed E-state index contributed by atoms with van der Waals surface area (Å²) in [6, 6.07) is 4.53. The van der Waals surface area contributed by atoms with Crippen LogP contribution in [-0.2, 0) is 9.59 Å². The number of carbonyl (C=O) groups excluding carboxylic acids is 3. The fraction of sp³-hybridized carbons (Fsp3) is 0.450. The minimum atomic E-state index is -0.692. The van der Waals surface area contributed by atoms with Crippen molar-refractivity contribution in [3.8, 4) is 11.5 Å². The standard InChI is InChI=1S/C20H24N4O5/c1-23-13-9-24(10-15(25)21-11-7-8-11)19(26)16(13)17(22-20(23)27)12-5-4-6-14(28-2)18(12)29-3/h4-6,11,17H,7-10H2,1-3H3,(H,21,25)(H,22,27). The van der Waals surface area contributed by atoms with E-state index in [2.05, 4.69) is 10.6 Å². The molecule has 0 saturated heterocycles. The van der Waals surface area contributed by atoms with Gasteiger partial charge >= 0.3 is 6.03 Å². The van der Waals surface area contributed by atoms with E-state index in [-0.39, 0.29) is 37.0 Å². The second-order valence-electron chi connectivity index (χ2n) is 7.39. The second kappa shape index (κ2) is 7.31. The van der Waals surface area contributed by atoms with Crippen molar-refractivity contribution in [2.75, 3.05) is 34.4 Å². The largest absolute Gasteiger partial charge is 0.493 e. The number of hydrogen-bond donors (Lipinski definition) is 2. The number of urea groups is 1.